The van der Waals surface area contributed by atoms with Crippen LogP contribution < -0.4 is 27.4 Å². The molecule has 9 N–H and O–H groups in total. The molecule has 0 aromatic heterocycles. The van der Waals surface area contributed by atoms with Gasteiger partial charge in [0.05, 0.1) is 19.1 Å². The van der Waals surface area contributed by atoms with Crippen LogP contribution in [0.5, 0.6) is 0 Å². The second-order valence-electron chi connectivity index (χ2n) is 6.32. The number of nitrogens with one attached hydrogen (secondary N) is 3. The van der Waals surface area contributed by atoms with E-state index in [1.54, 1.807) is 13.8 Å². The van der Waals surface area contributed by atoms with Gasteiger partial charge in [0.2, 0.25) is 23.6 Å². The van der Waals surface area contributed by atoms with Crippen LogP contribution in [0.3, 0.4) is 0 Å². The Kier molecular flexibility index (Phi) is 9.96. The van der Waals surface area contributed by atoms with E-state index in [-0.39, 0.29) is 0 Å². The number of carbonyl (C=O) groups is 5. The highest BCUT2D eigenvalue weighted by atomic mass is 16.4. The first-order valence-corrected chi connectivity index (χ1v) is 8.19. The van der Waals surface area contributed by atoms with Gasteiger partial charge in [0.15, 0.2) is 0 Å². The van der Waals surface area contributed by atoms with Gasteiger partial charge in [0.1, 0.15) is 18.1 Å². The van der Waals surface area contributed by atoms with Gasteiger partial charge in [-0.1, -0.05) is 13.8 Å². The average Bonchev–Trinajstić information content (AvgIpc) is 2.55. The van der Waals surface area contributed by atoms with Crippen molar-refractivity contribution in [3.05, 3.63) is 0 Å². The zero-order chi connectivity index (χ0) is 21.3. The van der Waals surface area contributed by atoms with Gasteiger partial charge in [0.25, 0.3) is 0 Å². The standard InChI is InChI=1S/C15H27N5O7/c1-6(2)11(15(26)27)20-14(25)9(5-21)19-12(23)7(3)18-13(24)8(16)4-10(17)22/h6-9,11,21H,4-5,16H2,1-3H3,(H2,17,22)(H,18,24)(H,19,23)(H,20,25)(H,26,27). The van der Waals surface area contributed by atoms with Crippen molar-refractivity contribution in [1.29, 1.82) is 0 Å². The van der Waals surface area contributed by atoms with Crippen molar-refractivity contribution in [3.63, 3.8) is 0 Å². The number of hydrogen-bond donors (Lipinski definition) is 7. The third-order valence-electron chi connectivity index (χ3n) is 3.56. The molecule has 0 aliphatic heterocycles. The lowest BCUT2D eigenvalue weighted by Crippen LogP contribution is -2.58. The first-order valence-electron chi connectivity index (χ1n) is 8.19. The molecule has 0 saturated carbocycles. The fourth-order valence-electron chi connectivity index (χ4n) is 1.95. The number of rotatable bonds is 11. The SMILES string of the molecule is CC(NC(=O)C(N)CC(N)=O)C(=O)NC(CO)C(=O)NC(C(=O)O)C(C)C. The lowest BCUT2D eigenvalue weighted by atomic mass is 10.0. The number of amides is 4. The van der Waals surface area contributed by atoms with E-state index in [2.05, 4.69) is 16.0 Å². The summed E-state index contributed by atoms with van der Waals surface area (Å²) in [5, 5.41) is 25.0. The third kappa shape index (κ3) is 8.46. The van der Waals surface area contributed by atoms with Crippen molar-refractivity contribution in [3.8, 4) is 0 Å². The van der Waals surface area contributed by atoms with Crippen LogP contribution in [0.2, 0.25) is 0 Å². The molecular formula is C15H27N5O7. The van der Waals surface area contributed by atoms with Crippen LogP contribution in [0.1, 0.15) is 27.2 Å². The zero-order valence-corrected chi connectivity index (χ0v) is 15.4. The normalized spacial score (nSPS) is 15.2. The molecule has 0 rings (SSSR count). The van der Waals surface area contributed by atoms with E-state index in [4.69, 9.17) is 16.6 Å². The molecule has 0 aromatic rings. The largest absolute Gasteiger partial charge is 0.480 e. The van der Waals surface area contributed by atoms with Crippen molar-refractivity contribution in [1.82, 2.24) is 16.0 Å². The highest BCUT2D eigenvalue weighted by Gasteiger charge is 2.29. The van der Waals surface area contributed by atoms with E-state index in [0.29, 0.717) is 0 Å². The number of primary amides is 1. The number of carboxylic acids is 1. The van der Waals surface area contributed by atoms with Crippen LogP contribution in [0, 0.1) is 5.92 Å². The Morgan fingerprint density at radius 1 is 0.926 bits per heavy atom. The molecule has 27 heavy (non-hydrogen) atoms. The molecule has 0 radical (unpaired) electrons. The lowest BCUT2D eigenvalue weighted by Gasteiger charge is -2.23. The minimum atomic E-state index is -1.42. The van der Waals surface area contributed by atoms with Crippen molar-refractivity contribution in [2.24, 2.45) is 17.4 Å². The highest BCUT2D eigenvalue weighted by Crippen LogP contribution is 2.02. The summed E-state index contributed by atoms with van der Waals surface area (Å²) in [6.07, 6.45) is -0.409. The summed E-state index contributed by atoms with van der Waals surface area (Å²) < 4.78 is 0. The Balaban J connectivity index is 4.82. The highest BCUT2D eigenvalue weighted by molar-refractivity contribution is 5.94. The van der Waals surface area contributed by atoms with Crippen LogP contribution in [-0.2, 0) is 24.0 Å². The second kappa shape index (κ2) is 11.1. The Bertz CT molecular complexity index is 581. The zero-order valence-electron chi connectivity index (χ0n) is 15.4. The third-order valence-corrected chi connectivity index (χ3v) is 3.56. The van der Waals surface area contributed by atoms with Crippen molar-refractivity contribution >= 4 is 29.6 Å². The fourth-order valence-corrected chi connectivity index (χ4v) is 1.95. The molecule has 0 spiro atoms. The molecule has 4 atom stereocenters. The molecule has 0 saturated heterocycles. The van der Waals surface area contributed by atoms with Gasteiger partial charge in [-0.3, -0.25) is 19.2 Å². The van der Waals surface area contributed by atoms with E-state index >= 15 is 0 Å². The molecule has 0 aliphatic rings. The number of aliphatic hydroxyl groups excluding tert-OH is 1. The topological polar surface area (TPSA) is 214 Å². The smallest absolute Gasteiger partial charge is 0.326 e. The molecule has 12 nitrogen and oxygen atoms in total. The minimum absolute atomic E-state index is 0.409. The van der Waals surface area contributed by atoms with Crippen LogP contribution in [0.15, 0.2) is 0 Å². The first kappa shape index (κ1) is 24.3. The number of hydrogen-bond acceptors (Lipinski definition) is 7. The van der Waals surface area contributed by atoms with Crippen LogP contribution >= 0.6 is 0 Å². The number of aliphatic carboxylic acids is 1. The maximum absolute atomic E-state index is 12.1. The predicted octanol–water partition coefficient (Wildman–Crippen LogP) is -3.60. The van der Waals surface area contributed by atoms with E-state index in [1.165, 1.54) is 6.92 Å². The van der Waals surface area contributed by atoms with Crippen molar-refractivity contribution in [2.75, 3.05) is 6.61 Å². The van der Waals surface area contributed by atoms with E-state index in [9.17, 15) is 29.1 Å². The van der Waals surface area contributed by atoms with E-state index < -0.39 is 72.7 Å². The van der Waals surface area contributed by atoms with Crippen LogP contribution in [0.25, 0.3) is 0 Å². The Morgan fingerprint density at radius 3 is 1.89 bits per heavy atom. The summed E-state index contributed by atoms with van der Waals surface area (Å²) in [6, 6.07) is -5.00. The number of aliphatic hydroxyl groups is 1. The Hall–Kier alpha value is -2.73. The summed E-state index contributed by atoms with van der Waals surface area (Å²) >= 11 is 0. The molecule has 0 aromatic carbocycles. The summed E-state index contributed by atoms with van der Waals surface area (Å²) in [6.45, 7) is 3.67. The Labute approximate surface area is 156 Å². The van der Waals surface area contributed by atoms with Crippen molar-refractivity contribution in [2.45, 2.75) is 51.4 Å². The monoisotopic (exact) mass is 389 g/mol. The summed E-state index contributed by atoms with van der Waals surface area (Å²) in [5.74, 6) is -4.98. The number of nitrogens with two attached hydrogens (primary N) is 2. The van der Waals surface area contributed by atoms with Gasteiger partial charge in [-0.25, -0.2) is 4.79 Å². The molecular weight excluding hydrogens is 362 g/mol. The van der Waals surface area contributed by atoms with Crippen LogP contribution in [0.4, 0.5) is 0 Å². The van der Waals surface area contributed by atoms with Gasteiger partial charge < -0.3 is 37.6 Å². The van der Waals surface area contributed by atoms with Crippen molar-refractivity contribution < 1.29 is 34.2 Å². The molecule has 4 amide bonds. The number of carboxylic acid groups (broad SMARTS) is 1. The second-order valence-corrected chi connectivity index (χ2v) is 6.32. The predicted molar refractivity (Wildman–Crippen MR) is 92.8 cm³/mol. The quantitative estimate of drug-likeness (QED) is 0.187. The number of carbonyl (C=O) groups excluding carboxylic acids is 4. The molecule has 0 aliphatic carbocycles. The fraction of sp³-hybridized carbons (Fsp3) is 0.667. The average molecular weight is 389 g/mol. The molecule has 0 fully saturated rings. The first-order chi connectivity index (χ1) is 12.4. The van der Waals surface area contributed by atoms with Crippen LogP contribution in [-0.4, -0.2) is 70.6 Å². The maximum Gasteiger partial charge on any atom is 0.326 e. The molecule has 4 unspecified atom stereocenters. The van der Waals surface area contributed by atoms with Gasteiger partial charge in [-0.2, -0.15) is 0 Å². The van der Waals surface area contributed by atoms with E-state index in [1.807, 2.05) is 0 Å². The molecule has 0 heterocycles. The summed E-state index contributed by atoms with van der Waals surface area (Å²) in [7, 11) is 0. The van der Waals surface area contributed by atoms with Gasteiger partial charge in [-0.05, 0) is 12.8 Å². The van der Waals surface area contributed by atoms with Gasteiger partial charge in [0, 0.05) is 0 Å². The molecule has 154 valence electrons. The maximum atomic E-state index is 12.1. The summed E-state index contributed by atoms with van der Waals surface area (Å²) in [5.41, 5.74) is 10.4. The molecule has 0 bridgehead atoms. The van der Waals surface area contributed by atoms with Gasteiger partial charge in [-0.15, -0.1) is 0 Å². The summed E-state index contributed by atoms with van der Waals surface area (Å²) in [4.78, 5) is 57.8. The van der Waals surface area contributed by atoms with E-state index in [0.717, 1.165) is 0 Å². The lowest BCUT2D eigenvalue weighted by molar-refractivity contribution is -0.143. The Morgan fingerprint density at radius 2 is 1.48 bits per heavy atom. The molecule has 12 heteroatoms. The van der Waals surface area contributed by atoms with Gasteiger partial charge >= 0.3 is 5.97 Å². The minimum Gasteiger partial charge on any atom is -0.480 e.